The number of carbonyl (C=O) groups is 1. The smallest absolute Gasteiger partial charge is 0.337 e. The molecule has 0 amide bonds. The number of nitrogens with zero attached hydrogens (tertiary/aromatic N) is 2. The van der Waals surface area contributed by atoms with E-state index in [0.717, 1.165) is 5.56 Å². The fourth-order valence-corrected chi connectivity index (χ4v) is 4.84. The van der Waals surface area contributed by atoms with E-state index in [-0.39, 0.29) is 22.6 Å². The fourth-order valence-electron chi connectivity index (χ4n) is 3.17. The SMILES string of the molecule is COC(=O)C(C)(C)OCc1cc2nc(Cl)ccc2n1S(=O)(=O)c1ccc(C(C)C)cc1. The van der Waals surface area contributed by atoms with Crippen LogP contribution in [0.4, 0.5) is 0 Å². The van der Waals surface area contributed by atoms with Crippen molar-refractivity contribution in [2.24, 2.45) is 0 Å². The number of esters is 1. The molecular weight excluding hydrogens is 440 g/mol. The van der Waals surface area contributed by atoms with Gasteiger partial charge in [-0.3, -0.25) is 0 Å². The lowest BCUT2D eigenvalue weighted by Crippen LogP contribution is -2.36. The van der Waals surface area contributed by atoms with E-state index in [1.54, 1.807) is 50.2 Å². The van der Waals surface area contributed by atoms with E-state index in [0.29, 0.717) is 16.7 Å². The zero-order chi connectivity index (χ0) is 23.0. The van der Waals surface area contributed by atoms with Gasteiger partial charge in [0.15, 0.2) is 5.60 Å². The number of halogens is 1. The number of rotatable bonds is 7. The highest BCUT2D eigenvalue weighted by Crippen LogP contribution is 2.28. The number of fused-ring (bicyclic) bond motifs is 1. The molecule has 1 aromatic carbocycles. The zero-order valence-electron chi connectivity index (χ0n) is 18.0. The molecule has 7 nitrogen and oxygen atoms in total. The monoisotopic (exact) mass is 464 g/mol. The second-order valence-corrected chi connectivity index (χ2v) is 10.1. The van der Waals surface area contributed by atoms with Crippen LogP contribution in [-0.4, -0.2) is 36.1 Å². The highest BCUT2D eigenvalue weighted by atomic mass is 35.5. The Bertz CT molecular complexity index is 1210. The highest BCUT2D eigenvalue weighted by Gasteiger charge is 2.31. The van der Waals surface area contributed by atoms with Crippen LogP contribution in [0, 0.1) is 0 Å². The molecule has 9 heteroatoms. The van der Waals surface area contributed by atoms with Gasteiger partial charge in [0.25, 0.3) is 10.0 Å². The summed E-state index contributed by atoms with van der Waals surface area (Å²) in [5.41, 5.74) is 0.864. The van der Waals surface area contributed by atoms with Crippen molar-refractivity contribution >= 4 is 38.6 Å². The predicted octanol–water partition coefficient (Wildman–Crippen LogP) is 4.52. The van der Waals surface area contributed by atoms with Crippen molar-refractivity contribution in [3.8, 4) is 0 Å². The van der Waals surface area contributed by atoms with E-state index in [1.165, 1.54) is 17.1 Å². The Balaban J connectivity index is 2.11. The van der Waals surface area contributed by atoms with Crippen molar-refractivity contribution in [2.75, 3.05) is 7.11 Å². The van der Waals surface area contributed by atoms with E-state index in [2.05, 4.69) is 4.98 Å². The second-order valence-electron chi connectivity index (χ2n) is 7.96. The summed E-state index contributed by atoms with van der Waals surface area (Å²) in [6.07, 6.45) is 0. The van der Waals surface area contributed by atoms with Crippen molar-refractivity contribution in [3.05, 3.63) is 58.9 Å². The Morgan fingerprint density at radius 1 is 1.16 bits per heavy atom. The third-order valence-corrected chi connectivity index (χ3v) is 6.98. The first-order valence-corrected chi connectivity index (χ1v) is 11.5. The van der Waals surface area contributed by atoms with Crippen LogP contribution in [0.1, 0.15) is 44.9 Å². The third kappa shape index (κ3) is 4.61. The first-order chi connectivity index (χ1) is 14.5. The van der Waals surface area contributed by atoms with Crippen LogP contribution >= 0.6 is 11.6 Å². The van der Waals surface area contributed by atoms with Crippen molar-refractivity contribution < 1.29 is 22.7 Å². The molecule has 0 unspecified atom stereocenters. The lowest BCUT2D eigenvalue weighted by Gasteiger charge is -2.22. The van der Waals surface area contributed by atoms with E-state index < -0.39 is 21.6 Å². The molecule has 0 bridgehead atoms. The molecule has 0 radical (unpaired) electrons. The molecule has 31 heavy (non-hydrogen) atoms. The molecule has 0 atom stereocenters. The van der Waals surface area contributed by atoms with Crippen LogP contribution in [0.5, 0.6) is 0 Å². The topological polar surface area (TPSA) is 87.5 Å². The van der Waals surface area contributed by atoms with Gasteiger partial charge in [0.1, 0.15) is 5.15 Å². The lowest BCUT2D eigenvalue weighted by molar-refractivity contribution is -0.166. The molecule has 0 saturated heterocycles. The van der Waals surface area contributed by atoms with Crippen molar-refractivity contribution in [3.63, 3.8) is 0 Å². The number of aromatic nitrogens is 2. The van der Waals surface area contributed by atoms with Gasteiger partial charge in [0.05, 0.1) is 35.3 Å². The molecule has 2 heterocycles. The van der Waals surface area contributed by atoms with Gasteiger partial charge in [-0.15, -0.1) is 0 Å². The van der Waals surface area contributed by atoms with Crippen molar-refractivity contribution in [2.45, 2.75) is 50.7 Å². The van der Waals surface area contributed by atoms with Gasteiger partial charge >= 0.3 is 5.97 Å². The summed E-state index contributed by atoms with van der Waals surface area (Å²) in [5.74, 6) is -0.288. The summed E-state index contributed by atoms with van der Waals surface area (Å²) < 4.78 is 38.8. The molecule has 2 aromatic heterocycles. The largest absolute Gasteiger partial charge is 0.467 e. The Morgan fingerprint density at radius 2 is 1.81 bits per heavy atom. The molecule has 166 valence electrons. The van der Waals surface area contributed by atoms with Crippen molar-refractivity contribution in [1.82, 2.24) is 8.96 Å². The van der Waals surface area contributed by atoms with E-state index >= 15 is 0 Å². The number of pyridine rings is 1. The number of hydrogen-bond donors (Lipinski definition) is 0. The molecule has 0 N–H and O–H groups in total. The summed E-state index contributed by atoms with van der Waals surface area (Å²) in [6.45, 7) is 7.04. The van der Waals surface area contributed by atoms with Gasteiger partial charge in [-0.1, -0.05) is 37.6 Å². The van der Waals surface area contributed by atoms with Crippen LogP contribution in [-0.2, 0) is 30.9 Å². The van der Waals surface area contributed by atoms with Gasteiger partial charge in [-0.25, -0.2) is 22.2 Å². The molecule has 0 saturated carbocycles. The first-order valence-electron chi connectivity index (χ1n) is 9.72. The number of carbonyl (C=O) groups excluding carboxylic acids is 1. The molecule has 0 aliphatic carbocycles. The zero-order valence-corrected chi connectivity index (χ0v) is 19.6. The van der Waals surface area contributed by atoms with Crippen LogP contribution in [0.3, 0.4) is 0 Å². The number of hydrogen-bond acceptors (Lipinski definition) is 6. The summed E-state index contributed by atoms with van der Waals surface area (Å²) in [4.78, 5) is 16.3. The van der Waals surface area contributed by atoms with E-state index in [1.807, 2.05) is 13.8 Å². The maximum Gasteiger partial charge on any atom is 0.337 e. The fraction of sp³-hybridized carbons (Fsp3) is 0.364. The average Bonchev–Trinajstić information content (AvgIpc) is 3.09. The quantitative estimate of drug-likeness (QED) is 0.377. The summed E-state index contributed by atoms with van der Waals surface area (Å²) >= 11 is 6.01. The van der Waals surface area contributed by atoms with Gasteiger partial charge in [0, 0.05) is 0 Å². The molecule has 0 spiro atoms. The predicted molar refractivity (Wildman–Crippen MR) is 119 cm³/mol. The molecule has 0 aliphatic rings. The standard InChI is InChI=1S/C22H25ClN2O5S/c1-14(2)15-6-8-17(9-7-15)31(27,28)25-16(13-30-22(3,4)21(26)29-5)12-18-19(25)10-11-20(23)24-18/h6-12,14H,13H2,1-5H3. The van der Waals surface area contributed by atoms with Crippen LogP contribution < -0.4 is 0 Å². The maximum atomic E-state index is 13.6. The van der Waals surface area contributed by atoms with Gasteiger partial charge in [-0.05, 0) is 55.7 Å². The molecule has 3 rings (SSSR count). The Morgan fingerprint density at radius 3 is 2.39 bits per heavy atom. The summed E-state index contributed by atoms with van der Waals surface area (Å²) in [7, 11) is -2.70. The normalized spacial score (nSPS) is 12.5. The summed E-state index contributed by atoms with van der Waals surface area (Å²) in [6, 6.07) is 11.5. The lowest BCUT2D eigenvalue weighted by atomic mass is 10.0. The molecule has 3 aromatic rings. The van der Waals surface area contributed by atoms with Crippen molar-refractivity contribution in [1.29, 1.82) is 0 Å². The Labute approximate surface area is 187 Å². The van der Waals surface area contributed by atoms with E-state index in [9.17, 15) is 13.2 Å². The maximum absolute atomic E-state index is 13.6. The molecule has 0 aliphatic heterocycles. The average molecular weight is 465 g/mol. The van der Waals surface area contributed by atoms with Gasteiger partial charge in [-0.2, -0.15) is 0 Å². The van der Waals surface area contributed by atoms with Gasteiger partial charge < -0.3 is 9.47 Å². The Kier molecular flexibility index (Phi) is 6.45. The van der Waals surface area contributed by atoms with Gasteiger partial charge in [0.2, 0.25) is 0 Å². The minimum absolute atomic E-state index is 0.137. The number of methoxy groups -OCH3 is 1. The van der Waals surface area contributed by atoms with E-state index in [4.69, 9.17) is 21.1 Å². The minimum atomic E-state index is -3.96. The minimum Gasteiger partial charge on any atom is -0.467 e. The molecular formula is C22H25ClN2O5S. The second kappa shape index (κ2) is 8.61. The Hall–Kier alpha value is -2.42. The van der Waals surface area contributed by atoms with Crippen LogP contribution in [0.2, 0.25) is 5.15 Å². The number of ether oxygens (including phenoxy) is 2. The van der Waals surface area contributed by atoms with Crippen LogP contribution in [0.15, 0.2) is 47.4 Å². The van der Waals surface area contributed by atoms with Crippen LogP contribution in [0.25, 0.3) is 11.0 Å². The number of benzene rings is 1. The third-order valence-electron chi connectivity index (χ3n) is 4.99. The summed E-state index contributed by atoms with van der Waals surface area (Å²) in [5, 5.41) is 0.241. The first kappa shape index (κ1) is 23.2. The highest BCUT2D eigenvalue weighted by molar-refractivity contribution is 7.90. The molecule has 0 fully saturated rings.